The molecule has 1 atom stereocenters. The van der Waals surface area contributed by atoms with Gasteiger partial charge in [-0.3, -0.25) is 4.79 Å². The normalized spacial score (nSPS) is 12.5. The van der Waals surface area contributed by atoms with Crippen molar-refractivity contribution in [3.63, 3.8) is 0 Å². The Morgan fingerprint density at radius 2 is 1.75 bits per heavy atom. The molecule has 0 radical (unpaired) electrons. The quantitative estimate of drug-likeness (QED) is 0.467. The Morgan fingerprint density at radius 3 is 2.25 bits per heavy atom. The lowest BCUT2D eigenvalue weighted by molar-refractivity contribution is 0.112. The topological polar surface area (TPSA) is 113 Å². The molecular formula is C23H30N2O6S. The van der Waals surface area contributed by atoms with Crippen LogP contribution in [0.2, 0.25) is 0 Å². The average molecular weight is 463 g/mol. The molecule has 0 aromatic heterocycles. The van der Waals surface area contributed by atoms with Crippen molar-refractivity contribution in [2.75, 3.05) is 20.2 Å². The minimum Gasteiger partial charge on any atom is -0.497 e. The number of rotatable bonds is 12. The van der Waals surface area contributed by atoms with Crippen LogP contribution < -0.4 is 10.1 Å². The third-order valence-electron chi connectivity index (χ3n) is 4.92. The van der Waals surface area contributed by atoms with Crippen LogP contribution in [-0.4, -0.2) is 56.5 Å². The lowest BCUT2D eigenvalue weighted by Crippen LogP contribution is -2.41. The minimum atomic E-state index is -3.76. The van der Waals surface area contributed by atoms with Crippen LogP contribution in [0.1, 0.15) is 36.2 Å². The number of hydrogen-bond donors (Lipinski definition) is 2. The molecule has 0 fully saturated rings. The van der Waals surface area contributed by atoms with Crippen molar-refractivity contribution in [2.45, 2.75) is 37.6 Å². The predicted octanol–water partition coefficient (Wildman–Crippen LogP) is 3.42. The SMILES string of the molecule is COc1ccc(S(=O)(=O)N(CC[C@H](Cc2ccc(C=O)cc2)NC(=O)O)CC(C)C)cc1. The number of carbonyl (C=O) groups is 2. The Morgan fingerprint density at radius 1 is 1.12 bits per heavy atom. The van der Waals surface area contributed by atoms with Crippen molar-refractivity contribution in [1.29, 1.82) is 0 Å². The number of aldehydes is 1. The first-order valence-corrected chi connectivity index (χ1v) is 11.8. The Balaban J connectivity index is 2.19. The Bertz CT molecular complexity index is 988. The fourth-order valence-electron chi connectivity index (χ4n) is 3.33. The van der Waals surface area contributed by atoms with E-state index in [9.17, 15) is 23.1 Å². The maximum absolute atomic E-state index is 13.2. The van der Waals surface area contributed by atoms with E-state index >= 15 is 0 Å². The number of hydrogen-bond acceptors (Lipinski definition) is 5. The molecule has 0 unspecified atom stereocenters. The zero-order valence-electron chi connectivity index (χ0n) is 18.5. The van der Waals surface area contributed by atoms with Gasteiger partial charge in [0.15, 0.2) is 0 Å². The van der Waals surface area contributed by atoms with E-state index in [0.717, 1.165) is 11.8 Å². The van der Waals surface area contributed by atoms with Gasteiger partial charge in [0.05, 0.1) is 12.0 Å². The molecule has 0 aliphatic heterocycles. The zero-order chi connectivity index (χ0) is 23.7. The van der Waals surface area contributed by atoms with Crippen molar-refractivity contribution < 1.29 is 27.9 Å². The molecule has 0 heterocycles. The van der Waals surface area contributed by atoms with Gasteiger partial charge in [-0.2, -0.15) is 4.31 Å². The van der Waals surface area contributed by atoms with Crippen molar-refractivity contribution in [3.8, 4) is 5.75 Å². The third-order valence-corrected chi connectivity index (χ3v) is 6.80. The van der Waals surface area contributed by atoms with Gasteiger partial charge < -0.3 is 15.2 Å². The highest BCUT2D eigenvalue weighted by Gasteiger charge is 2.26. The van der Waals surface area contributed by atoms with Crippen LogP contribution in [0.3, 0.4) is 0 Å². The van der Waals surface area contributed by atoms with Gasteiger partial charge in [0.1, 0.15) is 12.0 Å². The molecule has 0 saturated heterocycles. The summed E-state index contributed by atoms with van der Waals surface area (Å²) in [5.74, 6) is 0.649. The summed E-state index contributed by atoms with van der Waals surface area (Å²) in [6.07, 6.45) is 0.241. The Hall–Kier alpha value is -2.91. The summed E-state index contributed by atoms with van der Waals surface area (Å²) in [4.78, 5) is 22.3. The van der Waals surface area contributed by atoms with Crippen molar-refractivity contribution >= 4 is 22.4 Å². The standard InChI is InChI=1S/C23H30N2O6S/c1-17(2)15-25(32(29,30)22-10-8-21(31-3)9-11-22)13-12-20(24-23(27)28)14-18-4-6-19(16-26)7-5-18/h4-11,16-17,20,24H,12-15H2,1-3H3,(H,27,28)/t20-/m1/s1. The second kappa shape index (κ2) is 11.6. The molecule has 8 nitrogen and oxygen atoms in total. The van der Waals surface area contributed by atoms with E-state index in [1.54, 1.807) is 36.4 Å². The van der Waals surface area contributed by atoms with Crippen molar-refractivity contribution in [2.24, 2.45) is 5.92 Å². The first-order chi connectivity index (χ1) is 15.1. The smallest absolute Gasteiger partial charge is 0.404 e. The highest BCUT2D eigenvalue weighted by atomic mass is 32.2. The van der Waals surface area contributed by atoms with Crippen LogP contribution >= 0.6 is 0 Å². The van der Waals surface area contributed by atoms with Gasteiger partial charge in [0.2, 0.25) is 10.0 Å². The van der Waals surface area contributed by atoms with Gasteiger partial charge in [0, 0.05) is 24.7 Å². The first kappa shape index (κ1) is 25.4. The largest absolute Gasteiger partial charge is 0.497 e. The van der Waals surface area contributed by atoms with Crippen LogP contribution in [0.25, 0.3) is 0 Å². The Kier molecular flexibility index (Phi) is 9.22. The minimum absolute atomic E-state index is 0.0878. The molecule has 2 aromatic rings. The highest BCUT2D eigenvalue weighted by molar-refractivity contribution is 7.89. The number of carboxylic acid groups (broad SMARTS) is 1. The summed E-state index contributed by atoms with van der Waals surface area (Å²) in [5, 5.41) is 11.7. The van der Waals surface area contributed by atoms with Gasteiger partial charge in [-0.15, -0.1) is 0 Å². The van der Waals surface area contributed by atoms with Gasteiger partial charge in [-0.25, -0.2) is 13.2 Å². The maximum atomic E-state index is 13.2. The van der Waals surface area contributed by atoms with Crippen LogP contribution in [0.5, 0.6) is 5.75 Å². The molecule has 0 spiro atoms. The van der Waals surface area contributed by atoms with Gasteiger partial charge in [-0.05, 0) is 48.6 Å². The maximum Gasteiger partial charge on any atom is 0.404 e. The van der Waals surface area contributed by atoms with E-state index in [1.807, 2.05) is 13.8 Å². The zero-order valence-corrected chi connectivity index (χ0v) is 19.3. The number of carbonyl (C=O) groups excluding carboxylic acids is 1. The second-order valence-corrected chi connectivity index (χ2v) is 9.87. The number of ether oxygens (including phenoxy) is 1. The van der Waals surface area contributed by atoms with E-state index in [4.69, 9.17) is 4.74 Å². The molecule has 0 bridgehead atoms. The van der Waals surface area contributed by atoms with Gasteiger partial charge in [-0.1, -0.05) is 38.1 Å². The molecule has 9 heteroatoms. The molecule has 0 aliphatic rings. The lowest BCUT2D eigenvalue weighted by Gasteiger charge is -2.26. The summed E-state index contributed by atoms with van der Waals surface area (Å²) in [6.45, 7) is 4.32. The highest BCUT2D eigenvalue weighted by Crippen LogP contribution is 2.21. The molecule has 32 heavy (non-hydrogen) atoms. The number of amides is 1. The summed E-state index contributed by atoms with van der Waals surface area (Å²) in [5.41, 5.74) is 1.38. The van der Waals surface area contributed by atoms with Crippen LogP contribution in [0, 0.1) is 5.92 Å². The van der Waals surface area contributed by atoms with Gasteiger partial charge >= 0.3 is 6.09 Å². The van der Waals surface area contributed by atoms with Gasteiger partial charge in [0.25, 0.3) is 0 Å². The Labute approximate surface area is 189 Å². The number of methoxy groups -OCH3 is 1. The molecule has 0 aliphatic carbocycles. The van der Waals surface area contributed by atoms with E-state index in [0.29, 0.717) is 30.7 Å². The van der Waals surface area contributed by atoms with E-state index in [2.05, 4.69) is 5.32 Å². The average Bonchev–Trinajstić information content (AvgIpc) is 2.76. The number of sulfonamides is 1. The second-order valence-electron chi connectivity index (χ2n) is 7.93. The number of nitrogens with zero attached hydrogens (tertiary/aromatic N) is 1. The first-order valence-electron chi connectivity index (χ1n) is 10.3. The van der Waals surface area contributed by atoms with Crippen molar-refractivity contribution in [1.82, 2.24) is 9.62 Å². The fraction of sp³-hybridized carbons (Fsp3) is 0.391. The predicted molar refractivity (Wildman–Crippen MR) is 122 cm³/mol. The molecule has 1 amide bonds. The van der Waals surface area contributed by atoms with E-state index in [-0.39, 0.29) is 17.4 Å². The number of nitrogens with one attached hydrogen (secondary N) is 1. The van der Waals surface area contributed by atoms with E-state index in [1.165, 1.54) is 23.5 Å². The molecule has 2 N–H and O–H groups in total. The van der Waals surface area contributed by atoms with Crippen LogP contribution in [0.4, 0.5) is 4.79 Å². The summed E-state index contributed by atoms with van der Waals surface area (Å²) in [7, 11) is -2.25. The fourth-order valence-corrected chi connectivity index (χ4v) is 4.95. The summed E-state index contributed by atoms with van der Waals surface area (Å²) < 4.78 is 33.0. The molecule has 174 valence electrons. The summed E-state index contributed by atoms with van der Waals surface area (Å²) in [6, 6.07) is 12.6. The van der Waals surface area contributed by atoms with Crippen LogP contribution in [0.15, 0.2) is 53.4 Å². The molecule has 2 rings (SSSR count). The van der Waals surface area contributed by atoms with E-state index < -0.39 is 22.2 Å². The monoisotopic (exact) mass is 462 g/mol. The van der Waals surface area contributed by atoms with Crippen LogP contribution in [-0.2, 0) is 16.4 Å². The number of benzene rings is 2. The third kappa shape index (κ3) is 7.35. The summed E-state index contributed by atoms with van der Waals surface area (Å²) >= 11 is 0. The lowest BCUT2D eigenvalue weighted by atomic mass is 10.0. The molecule has 0 saturated carbocycles. The van der Waals surface area contributed by atoms with Crippen molar-refractivity contribution in [3.05, 3.63) is 59.7 Å². The molecular weight excluding hydrogens is 432 g/mol. The molecule has 2 aromatic carbocycles.